The van der Waals surface area contributed by atoms with Crippen LogP contribution in [-0.4, -0.2) is 20.1 Å². The van der Waals surface area contributed by atoms with Crippen molar-refractivity contribution in [2.24, 2.45) is 0 Å². The van der Waals surface area contributed by atoms with Gasteiger partial charge in [0.1, 0.15) is 0 Å². The normalized spacial score (nSPS) is 11.8. The average molecular weight is 310 g/mol. The van der Waals surface area contributed by atoms with Gasteiger partial charge in [0.2, 0.25) is 5.89 Å². The zero-order valence-electron chi connectivity index (χ0n) is 13.8. The Labute approximate surface area is 136 Å². The first-order valence-corrected chi connectivity index (χ1v) is 7.89. The smallest absolute Gasteiger partial charge is 0.227 e. The van der Waals surface area contributed by atoms with E-state index in [1.165, 1.54) is 11.1 Å². The highest BCUT2D eigenvalue weighted by Crippen LogP contribution is 2.22. The Bertz CT molecular complexity index is 736. The van der Waals surface area contributed by atoms with Crippen LogP contribution in [0, 0.1) is 0 Å². The number of hydrogen-bond donors (Lipinski definition) is 1. The lowest BCUT2D eigenvalue weighted by Crippen LogP contribution is -2.10. The lowest BCUT2D eigenvalue weighted by molar-refractivity contribution is 0.373. The topological polar surface area (TPSA) is 67.6 Å². The summed E-state index contributed by atoms with van der Waals surface area (Å²) in [4.78, 5) is 11.5. The first-order chi connectivity index (χ1) is 11.0. The molecule has 3 rings (SSSR count). The second kappa shape index (κ2) is 6.36. The Morgan fingerprint density at radius 1 is 1.09 bits per heavy atom. The molecule has 0 amide bonds. The molecule has 1 N–H and O–H groups in total. The van der Waals surface area contributed by atoms with Crippen molar-refractivity contribution < 1.29 is 4.52 Å². The maximum atomic E-state index is 5.32. The van der Waals surface area contributed by atoms with E-state index in [0.717, 1.165) is 24.4 Å². The van der Waals surface area contributed by atoms with E-state index in [-0.39, 0.29) is 5.41 Å². The molecule has 1 aromatic carbocycles. The number of aryl methyl sites for hydroxylation is 2. The summed E-state index contributed by atoms with van der Waals surface area (Å²) < 4.78 is 5.32. The lowest BCUT2D eigenvalue weighted by Gasteiger charge is -2.18. The molecule has 0 unspecified atom stereocenters. The van der Waals surface area contributed by atoms with Crippen LogP contribution >= 0.6 is 0 Å². The Morgan fingerprint density at radius 2 is 1.87 bits per heavy atom. The van der Waals surface area contributed by atoms with E-state index in [1.807, 2.05) is 6.20 Å². The van der Waals surface area contributed by atoms with Gasteiger partial charge in [0.15, 0.2) is 5.82 Å². The molecule has 0 spiro atoms. The van der Waals surface area contributed by atoms with Crippen molar-refractivity contribution in [3.8, 4) is 0 Å². The zero-order chi connectivity index (χ0) is 16.3. The van der Waals surface area contributed by atoms with Crippen molar-refractivity contribution in [1.82, 2.24) is 20.1 Å². The molecule has 120 valence electrons. The van der Waals surface area contributed by atoms with E-state index >= 15 is 0 Å². The van der Waals surface area contributed by atoms with Gasteiger partial charge in [-0.25, -0.2) is 4.98 Å². The maximum absolute atomic E-state index is 5.32. The molecule has 0 atom stereocenters. The van der Waals surface area contributed by atoms with Crippen molar-refractivity contribution in [3.63, 3.8) is 0 Å². The molecule has 0 aliphatic carbocycles. The molecule has 0 saturated heterocycles. The predicted octanol–water partition coefficient (Wildman–Crippen LogP) is 3.47. The molecule has 0 saturated carbocycles. The molecular weight excluding hydrogens is 288 g/mol. The van der Waals surface area contributed by atoms with E-state index in [1.54, 1.807) is 6.33 Å². The average Bonchev–Trinajstić information content (AvgIpc) is 3.16. The van der Waals surface area contributed by atoms with Gasteiger partial charge < -0.3 is 9.51 Å². The highest BCUT2D eigenvalue weighted by molar-refractivity contribution is 5.28. The summed E-state index contributed by atoms with van der Waals surface area (Å²) in [7, 11) is 0. The van der Waals surface area contributed by atoms with Crippen molar-refractivity contribution >= 4 is 0 Å². The van der Waals surface area contributed by atoms with Crippen LogP contribution < -0.4 is 0 Å². The Morgan fingerprint density at radius 3 is 2.52 bits per heavy atom. The summed E-state index contributed by atoms with van der Waals surface area (Å²) in [5, 5.41) is 4.07. The standard InChI is InChI=1S/C18H22N4O/c1-18(2,3)14-6-4-13(5-7-14)10-16-21-17(23-22-16)9-8-15-11-19-12-20-15/h4-7,11-12H,8-10H2,1-3H3,(H,19,20). The van der Waals surface area contributed by atoms with Crippen LogP contribution in [0.2, 0.25) is 0 Å². The number of hydrogen-bond acceptors (Lipinski definition) is 4. The van der Waals surface area contributed by atoms with Crippen LogP contribution in [0.5, 0.6) is 0 Å². The number of nitrogens with zero attached hydrogens (tertiary/aromatic N) is 3. The van der Waals surface area contributed by atoms with Crippen LogP contribution in [0.4, 0.5) is 0 Å². The van der Waals surface area contributed by atoms with Crippen LogP contribution in [-0.2, 0) is 24.7 Å². The van der Waals surface area contributed by atoms with Gasteiger partial charge in [0.25, 0.3) is 0 Å². The molecule has 0 aliphatic rings. The van der Waals surface area contributed by atoms with E-state index in [9.17, 15) is 0 Å². The molecule has 0 aliphatic heterocycles. The van der Waals surface area contributed by atoms with Crippen LogP contribution in [0.25, 0.3) is 0 Å². The first kappa shape index (κ1) is 15.5. The van der Waals surface area contributed by atoms with Crippen LogP contribution in [0.1, 0.15) is 49.3 Å². The summed E-state index contributed by atoms with van der Waals surface area (Å²) in [5.41, 5.74) is 3.76. The third kappa shape index (κ3) is 4.06. The van der Waals surface area contributed by atoms with Gasteiger partial charge in [-0.15, -0.1) is 0 Å². The van der Waals surface area contributed by atoms with E-state index in [2.05, 4.69) is 65.1 Å². The number of imidazole rings is 1. The number of benzene rings is 1. The number of H-pyrrole nitrogens is 1. The molecule has 3 aromatic rings. The zero-order valence-corrected chi connectivity index (χ0v) is 13.8. The molecule has 0 bridgehead atoms. The van der Waals surface area contributed by atoms with Crippen molar-refractivity contribution in [1.29, 1.82) is 0 Å². The number of aromatic amines is 1. The first-order valence-electron chi connectivity index (χ1n) is 7.89. The van der Waals surface area contributed by atoms with Crippen molar-refractivity contribution in [2.75, 3.05) is 0 Å². The Balaban J connectivity index is 1.60. The third-order valence-electron chi connectivity index (χ3n) is 3.86. The highest BCUT2D eigenvalue weighted by Gasteiger charge is 2.13. The lowest BCUT2D eigenvalue weighted by atomic mass is 9.86. The Hall–Kier alpha value is -2.43. The quantitative estimate of drug-likeness (QED) is 0.783. The van der Waals surface area contributed by atoms with Gasteiger partial charge in [-0.1, -0.05) is 50.2 Å². The molecule has 23 heavy (non-hydrogen) atoms. The van der Waals surface area contributed by atoms with E-state index < -0.39 is 0 Å². The molecule has 0 radical (unpaired) electrons. The fourth-order valence-electron chi connectivity index (χ4n) is 2.43. The highest BCUT2D eigenvalue weighted by atomic mass is 16.5. The van der Waals surface area contributed by atoms with Crippen LogP contribution in [0.15, 0.2) is 41.3 Å². The predicted molar refractivity (Wildman–Crippen MR) is 88.2 cm³/mol. The molecule has 5 heteroatoms. The minimum Gasteiger partial charge on any atom is -0.348 e. The van der Waals surface area contributed by atoms with Crippen LogP contribution in [0.3, 0.4) is 0 Å². The van der Waals surface area contributed by atoms with Crippen molar-refractivity contribution in [3.05, 3.63) is 65.3 Å². The fraction of sp³-hybridized carbons (Fsp3) is 0.389. The summed E-state index contributed by atoms with van der Waals surface area (Å²) in [5.74, 6) is 1.40. The van der Waals surface area contributed by atoms with E-state index in [4.69, 9.17) is 4.52 Å². The summed E-state index contributed by atoms with van der Waals surface area (Å²) in [6.45, 7) is 6.65. The molecule has 2 aromatic heterocycles. The molecule has 5 nitrogen and oxygen atoms in total. The van der Waals surface area contributed by atoms with Gasteiger partial charge in [-0.2, -0.15) is 4.98 Å². The summed E-state index contributed by atoms with van der Waals surface area (Å²) in [6.07, 6.45) is 5.72. The number of aromatic nitrogens is 4. The monoisotopic (exact) mass is 310 g/mol. The maximum Gasteiger partial charge on any atom is 0.227 e. The van der Waals surface area contributed by atoms with Gasteiger partial charge in [0, 0.05) is 24.7 Å². The van der Waals surface area contributed by atoms with Gasteiger partial charge >= 0.3 is 0 Å². The Kier molecular flexibility index (Phi) is 4.28. The fourth-order valence-corrected chi connectivity index (χ4v) is 2.43. The minimum atomic E-state index is 0.171. The van der Waals surface area contributed by atoms with Gasteiger partial charge in [-0.3, -0.25) is 0 Å². The number of nitrogens with one attached hydrogen (secondary N) is 1. The molecular formula is C18H22N4O. The number of rotatable bonds is 5. The van der Waals surface area contributed by atoms with Gasteiger partial charge in [0.05, 0.1) is 6.33 Å². The SMILES string of the molecule is CC(C)(C)c1ccc(Cc2noc(CCc3cnc[nH]3)n2)cc1. The second-order valence-electron chi connectivity index (χ2n) is 6.80. The van der Waals surface area contributed by atoms with E-state index in [0.29, 0.717) is 12.3 Å². The molecule has 0 fully saturated rings. The van der Waals surface area contributed by atoms with Gasteiger partial charge in [-0.05, 0) is 23.0 Å². The van der Waals surface area contributed by atoms with Crippen molar-refractivity contribution in [2.45, 2.75) is 45.4 Å². The largest absolute Gasteiger partial charge is 0.348 e. The minimum absolute atomic E-state index is 0.171. The second-order valence-corrected chi connectivity index (χ2v) is 6.80. The summed E-state index contributed by atoms with van der Waals surface area (Å²) in [6, 6.07) is 8.63. The molecule has 2 heterocycles. The third-order valence-corrected chi connectivity index (χ3v) is 3.86. The summed E-state index contributed by atoms with van der Waals surface area (Å²) >= 11 is 0.